The van der Waals surface area contributed by atoms with Crippen molar-refractivity contribution in [3.63, 3.8) is 0 Å². The molecule has 0 bridgehead atoms. The van der Waals surface area contributed by atoms with Crippen LogP contribution in [0.4, 0.5) is 0 Å². The molecule has 0 amide bonds. The molecular weight excluding hydrogens is 306 g/mol. The highest BCUT2D eigenvalue weighted by Gasteiger charge is 2.22. The molecule has 0 aliphatic heterocycles. The van der Waals surface area contributed by atoms with E-state index >= 15 is 0 Å². The molecule has 5 nitrogen and oxygen atoms in total. The van der Waals surface area contributed by atoms with E-state index in [9.17, 15) is 8.42 Å². The zero-order chi connectivity index (χ0) is 15.9. The average Bonchev–Trinajstić information content (AvgIpc) is 2.88. The lowest BCUT2D eigenvalue weighted by Crippen LogP contribution is -2.29. The van der Waals surface area contributed by atoms with Crippen LogP contribution in [0.15, 0.2) is 16.3 Å². The number of hydrogen-bond donors (Lipinski definition) is 1. The third kappa shape index (κ3) is 6.04. The van der Waals surface area contributed by atoms with E-state index in [1.165, 1.54) is 15.6 Å². The van der Waals surface area contributed by atoms with E-state index in [1.54, 1.807) is 13.1 Å². The van der Waals surface area contributed by atoms with Crippen molar-refractivity contribution >= 4 is 21.4 Å². The molecule has 0 radical (unpaired) electrons. The maximum atomic E-state index is 12.5. The Kier molecular flexibility index (Phi) is 7.83. The fraction of sp³-hybridized carbons (Fsp3) is 0.714. The lowest BCUT2D eigenvalue weighted by Gasteiger charge is -2.17. The normalized spacial score (nSPS) is 12.5. The summed E-state index contributed by atoms with van der Waals surface area (Å²) in [6.07, 6.45) is 1.91. The Morgan fingerprint density at radius 2 is 1.90 bits per heavy atom. The summed E-state index contributed by atoms with van der Waals surface area (Å²) in [7, 11) is 2.29. The standard InChI is InChI=1S/C14H27N3O2S2/c1-5-9-15-12-13-7-8-14(20-13)21(18,19)17(4)11-6-10-16(2)3/h7-8,15H,5-6,9-12H2,1-4H3. The maximum absolute atomic E-state index is 12.5. The van der Waals surface area contributed by atoms with Crippen LogP contribution in [0.3, 0.4) is 0 Å². The van der Waals surface area contributed by atoms with Gasteiger partial charge in [-0.2, -0.15) is 0 Å². The van der Waals surface area contributed by atoms with Crippen molar-refractivity contribution in [1.82, 2.24) is 14.5 Å². The molecule has 122 valence electrons. The first-order valence-electron chi connectivity index (χ1n) is 7.28. The molecule has 1 aromatic heterocycles. The number of nitrogens with zero attached hydrogens (tertiary/aromatic N) is 2. The Morgan fingerprint density at radius 1 is 1.19 bits per heavy atom. The van der Waals surface area contributed by atoms with E-state index < -0.39 is 10.0 Å². The van der Waals surface area contributed by atoms with Gasteiger partial charge in [0.15, 0.2) is 0 Å². The predicted octanol–water partition coefficient (Wildman–Crippen LogP) is 1.82. The molecule has 0 aliphatic carbocycles. The third-order valence-corrected chi connectivity index (χ3v) is 6.52. The second-order valence-corrected chi connectivity index (χ2v) is 8.82. The van der Waals surface area contributed by atoms with Gasteiger partial charge in [-0.3, -0.25) is 0 Å². The van der Waals surface area contributed by atoms with E-state index in [4.69, 9.17) is 0 Å². The lowest BCUT2D eigenvalue weighted by molar-refractivity contribution is 0.370. The minimum Gasteiger partial charge on any atom is -0.312 e. The zero-order valence-electron chi connectivity index (χ0n) is 13.4. The monoisotopic (exact) mass is 333 g/mol. The van der Waals surface area contributed by atoms with E-state index in [2.05, 4.69) is 17.1 Å². The van der Waals surface area contributed by atoms with E-state index in [-0.39, 0.29) is 0 Å². The van der Waals surface area contributed by atoms with Crippen molar-refractivity contribution in [2.75, 3.05) is 40.8 Å². The van der Waals surface area contributed by atoms with E-state index in [1.807, 2.05) is 20.2 Å². The Balaban J connectivity index is 2.60. The second-order valence-electron chi connectivity index (χ2n) is 5.38. The number of nitrogens with one attached hydrogen (secondary N) is 1. The maximum Gasteiger partial charge on any atom is 0.252 e. The van der Waals surface area contributed by atoms with Gasteiger partial charge in [0.25, 0.3) is 10.0 Å². The van der Waals surface area contributed by atoms with Crippen LogP contribution in [-0.4, -0.2) is 58.4 Å². The molecule has 21 heavy (non-hydrogen) atoms. The highest BCUT2D eigenvalue weighted by molar-refractivity contribution is 7.91. The van der Waals surface area contributed by atoms with Crippen LogP contribution in [0.2, 0.25) is 0 Å². The van der Waals surface area contributed by atoms with Crippen LogP contribution < -0.4 is 5.32 Å². The first kappa shape index (κ1) is 18.6. The van der Waals surface area contributed by atoms with Crippen molar-refractivity contribution in [1.29, 1.82) is 0 Å². The molecule has 7 heteroatoms. The molecule has 1 heterocycles. The van der Waals surface area contributed by atoms with Gasteiger partial charge in [0.1, 0.15) is 4.21 Å². The van der Waals surface area contributed by atoms with Crippen molar-refractivity contribution in [2.45, 2.75) is 30.5 Å². The summed E-state index contributed by atoms with van der Waals surface area (Å²) in [6, 6.07) is 3.61. The largest absolute Gasteiger partial charge is 0.312 e. The summed E-state index contributed by atoms with van der Waals surface area (Å²) in [5.41, 5.74) is 0. The highest BCUT2D eigenvalue weighted by Crippen LogP contribution is 2.24. The van der Waals surface area contributed by atoms with Crippen molar-refractivity contribution in [3.8, 4) is 0 Å². The topological polar surface area (TPSA) is 52.7 Å². The summed E-state index contributed by atoms with van der Waals surface area (Å²) in [4.78, 5) is 3.12. The Morgan fingerprint density at radius 3 is 2.52 bits per heavy atom. The summed E-state index contributed by atoms with van der Waals surface area (Å²) in [5.74, 6) is 0. The molecule has 0 aliphatic rings. The van der Waals surface area contributed by atoms with Gasteiger partial charge < -0.3 is 10.2 Å². The first-order valence-corrected chi connectivity index (χ1v) is 9.54. The quantitative estimate of drug-likeness (QED) is 0.664. The van der Waals surface area contributed by atoms with Crippen LogP contribution in [-0.2, 0) is 16.6 Å². The van der Waals surface area contributed by atoms with Crippen molar-refractivity contribution in [2.24, 2.45) is 0 Å². The minimum absolute atomic E-state index is 0.433. The van der Waals surface area contributed by atoms with Crippen molar-refractivity contribution in [3.05, 3.63) is 17.0 Å². The number of rotatable bonds is 10. The molecule has 0 spiro atoms. The smallest absolute Gasteiger partial charge is 0.252 e. The molecule has 0 unspecified atom stereocenters. The van der Waals surface area contributed by atoms with Gasteiger partial charge in [-0.15, -0.1) is 11.3 Å². The van der Waals surface area contributed by atoms with Gasteiger partial charge in [0.05, 0.1) is 0 Å². The van der Waals surface area contributed by atoms with Crippen LogP contribution in [0.25, 0.3) is 0 Å². The fourth-order valence-corrected chi connectivity index (χ4v) is 4.61. The zero-order valence-corrected chi connectivity index (χ0v) is 15.1. The molecule has 0 saturated heterocycles. The molecule has 0 aromatic carbocycles. The molecule has 0 saturated carbocycles. The number of hydrogen-bond acceptors (Lipinski definition) is 5. The summed E-state index contributed by atoms with van der Waals surface area (Å²) < 4.78 is 26.8. The van der Waals surface area contributed by atoms with Crippen LogP contribution in [0, 0.1) is 0 Å². The Labute approximate surface area is 133 Å². The molecule has 0 atom stereocenters. The van der Waals surface area contributed by atoms with Gasteiger partial charge in [-0.05, 0) is 52.2 Å². The number of sulfonamides is 1. The predicted molar refractivity (Wildman–Crippen MR) is 89.3 cm³/mol. The second kappa shape index (κ2) is 8.85. The van der Waals surface area contributed by atoms with Gasteiger partial charge in [0.2, 0.25) is 0 Å². The molecule has 1 aromatic rings. The SMILES string of the molecule is CCCNCc1ccc(S(=O)(=O)N(C)CCCN(C)C)s1. The fourth-order valence-electron chi connectivity index (χ4n) is 1.86. The highest BCUT2D eigenvalue weighted by atomic mass is 32.2. The van der Waals surface area contributed by atoms with E-state index in [0.717, 1.165) is 37.4 Å². The van der Waals surface area contributed by atoms with Gasteiger partial charge in [-0.1, -0.05) is 6.92 Å². The van der Waals surface area contributed by atoms with Crippen LogP contribution >= 0.6 is 11.3 Å². The molecular formula is C14H27N3O2S2. The molecule has 1 N–H and O–H groups in total. The first-order chi connectivity index (χ1) is 9.87. The minimum atomic E-state index is -3.34. The Bertz CT molecular complexity index is 512. The van der Waals surface area contributed by atoms with Gasteiger partial charge in [-0.25, -0.2) is 12.7 Å². The average molecular weight is 334 g/mol. The van der Waals surface area contributed by atoms with Crippen molar-refractivity contribution < 1.29 is 8.42 Å². The summed E-state index contributed by atoms with van der Waals surface area (Å²) in [5, 5.41) is 3.29. The van der Waals surface area contributed by atoms with Crippen LogP contribution in [0.5, 0.6) is 0 Å². The Hall–Kier alpha value is -0.470. The summed E-state index contributed by atoms with van der Waals surface area (Å²) in [6.45, 7) is 5.22. The lowest BCUT2D eigenvalue weighted by atomic mass is 10.4. The molecule has 0 fully saturated rings. The third-order valence-electron chi connectivity index (χ3n) is 3.11. The van der Waals surface area contributed by atoms with E-state index in [0.29, 0.717) is 10.8 Å². The summed E-state index contributed by atoms with van der Waals surface area (Å²) >= 11 is 1.36. The van der Waals surface area contributed by atoms with Gasteiger partial charge >= 0.3 is 0 Å². The molecule has 1 rings (SSSR count). The number of thiophene rings is 1. The van der Waals surface area contributed by atoms with Crippen LogP contribution in [0.1, 0.15) is 24.6 Å². The van der Waals surface area contributed by atoms with Gasteiger partial charge in [0, 0.05) is 25.0 Å².